The van der Waals surface area contributed by atoms with E-state index < -0.39 is 35.0 Å². The molecule has 0 aliphatic heterocycles. The highest BCUT2D eigenvalue weighted by atomic mass is 19.2. The molecule has 3 aromatic heterocycles. The molecule has 0 saturated heterocycles. The molecule has 1 N–H and O–H groups in total. The quantitative estimate of drug-likeness (QED) is 0.385. The molecule has 9 heteroatoms. The first kappa shape index (κ1) is 20.5. The Bertz CT molecular complexity index is 1290. The molecule has 0 fully saturated rings. The molecule has 0 aliphatic rings. The van der Waals surface area contributed by atoms with Crippen LogP contribution in [0.1, 0.15) is 27.2 Å². The third-order valence-corrected chi connectivity index (χ3v) is 4.83. The summed E-state index contributed by atoms with van der Waals surface area (Å²) in [6.45, 7) is 3.62. The minimum absolute atomic E-state index is 0.197. The maximum absolute atomic E-state index is 13.9. The van der Waals surface area contributed by atoms with Gasteiger partial charge in [0.25, 0.3) is 17.8 Å². The minimum atomic E-state index is -1.89. The Kier molecular flexibility index (Phi) is 5.18. The molecule has 0 aliphatic carbocycles. The molecular formula is C22H16F4N4O. The van der Waals surface area contributed by atoms with Crippen LogP contribution < -0.4 is 5.32 Å². The van der Waals surface area contributed by atoms with E-state index >= 15 is 0 Å². The molecule has 0 atom stereocenters. The Labute approximate surface area is 174 Å². The highest BCUT2D eigenvalue weighted by Gasteiger charge is 2.26. The van der Waals surface area contributed by atoms with E-state index in [0.717, 1.165) is 16.7 Å². The van der Waals surface area contributed by atoms with E-state index in [9.17, 15) is 22.4 Å². The van der Waals surface area contributed by atoms with Gasteiger partial charge in [0.15, 0.2) is 11.6 Å². The van der Waals surface area contributed by atoms with Crippen LogP contribution in [0.2, 0.25) is 0 Å². The fourth-order valence-corrected chi connectivity index (χ4v) is 3.25. The standard InChI is InChI=1S/C22H16F4N4O/c1-11-3-6-13(7-4-11)19-14(30-10-12(2)5-8-15(30)28-19)9-27-22(31)16-17(23)20(25)29-21(26)18(16)24/h3-8,10H,9H2,1-2H3,(H,27,31). The lowest BCUT2D eigenvalue weighted by Gasteiger charge is -2.10. The summed E-state index contributed by atoms with van der Waals surface area (Å²) in [5.41, 5.74) is 3.06. The third kappa shape index (κ3) is 3.74. The van der Waals surface area contributed by atoms with Crippen molar-refractivity contribution in [1.82, 2.24) is 19.7 Å². The molecule has 0 unspecified atom stereocenters. The van der Waals surface area contributed by atoms with Gasteiger partial charge in [-0.15, -0.1) is 0 Å². The Morgan fingerprint density at radius 3 is 2.16 bits per heavy atom. The Balaban J connectivity index is 1.75. The fraction of sp³-hybridized carbons (Fsp3) is 0.136. The van der Waals surface area contributed by atoms with Gasteiger partial charge in [-0.1, -0.05) is 35.9 Å². The summed E-state index contributed by atoms with van der Waals surface area (Å²) in [5.74, 6) is -8.81. The first-order chi connectivity index (χ1) is 14.8. The molecular weight excluding hydrogens is 412 g/mol. The van der Waals surface area contributed by atoms with E-state index in [2.05, 4.69) is 15.3 Å². The van der Waals surface area contributed by atoms with Crippen LogP contribution in [0.3, 0.4) is 0 Å². The zero-order valence-corrected chi connectivity index (χ0v) is 16.5. The van der Waals surface area contributed by atoms with Crippen molar-refractivity contribution >= 4 is 11.6 Å². The number of imidazole rings is 1. The summed E-state index contributed by atoms with van der Waals surface area (Å²) in [4.78, 5) is 19.5. The van der Waals surface area contributed by atoms with Crippen molar-refractivity contribution in [2.75, 3.05) is 0 Å². The van der Waals surface area contributed by atoms with Gasteiger partial charge in [0.2, 0.25) is 0 Å². The average Bonchev–Trinajstić information content (AvgIpc) is 3.09. The van der Waals surface area contributed by atoms with E-state index in [4.69, 9.17) is 0 Å². The number of halogens is 4. The van der Waals surface area contributed by atoms with E-state index in [1.54, 1.807) is 16.7 Å². The summed E-state index contributed by atoms with van der Waals surface area (Å²) in [7, 11) is 0. The molecule has 5 nitrogen and oxygen atoms in total. The Morgan fingerprint density at radius 2 is 1.52 bits per heavy atom. The lowest BCUT2D eigenvalue weighted by Crippen LogP contribution is -2.27. The molecule has 158 valence electrons. The second-order valence-corrected chi connectivity index (χ2v) is 7.09. The van der Waals surface area contributed by atoms with Crippen LogP contribution in [-0.4, -0.2) is 20.3 Å². The fourth-order valence-electron chi connectivity index (χ4n) is 3.25. The number of amides is 1. The van der Waals surface area contributed by atoms with Crippen molar-refractivity contribution < 1.29 is 22.4 Å². The lowest BCUT2D eigenvalue weighted by atomic mass is 10.1. The van der Waals surface area contributed by atoms with Crippen LogP contribution in [0.15, 0.2) is 42.6 Å². The van der Waals surface area contributed by atoms with Crippen LogP contribution in [-0.2, 0) is 6.54 Å². The van der Waals surface area contributed by atoms with Gasteiger partial charge in [0.1, 0.15) is 11.2 Å². The van der Waals surface area contributed by atoms with Crippen molar-refractivity contribution in [2.24, 2.45) is 0 Å². The first-order valence-electron chi connectivity index (χ1n) is 9.29. The number of nitrogens with zero attached hydrogens (tertiary/aromatic N) is 3. The number of hydrogen-bond acceptors (Lipinski definition) is 3. The average molecular weight is 428 g/mol. The summed E-state index contributed by atoms with van der Waals surface area (Å²) in [6, 6.07) is 11.2. The maximum atomic E-state index is 13.9. The normalized spacial score (nSPS) is 11.2. The van der Waals surface area contributed by atoms with Crippen molar-refractivity contribution in [1.29, 1.82) is 0 Å². The highest BCUT2D eigenvalue weighted by molar-refractivity contribution is 5.94. The van der Waals surface area contributed by atoms with Crippen LogP contribution in [0.4, 0.5) is 17.6 Å². The molecule has 0 saturated carbocycles. The lowest BCUT2D eigenvalue weighted by molar-refractivity contribution is 0.0938. The summed E-state index contributed by atoms with van der Waals surface area (Å²) >= 11 is 0. The second-order valence-electron chi connectivity index (χ2n) is 7.09. The third-order valence-electron chi connectivity index (χ3n) is 4.83. The van der Waals surface area contributed by atoms with Gasteiger partial charge in [-0.2, -0.15) is 13.8 Å². The molecule has 31 heavy (non-hydrogen) atoms. The van der Waals surface area contributed by atoms with Crippen molar-refractivity contribution in [3.05, 3.63) is 88.5 Å². The number of nitrogens with one attached hydrogen (secondary N) is 1. The minimum Gasteiger partial charge on any atom is -0.346 e. The smallest absolute Gasteiger partial charge is 0.257 e. The van der Waals surface area contributed by atoms with Gasteiger partial charge in [0, 0.05) is 11.8 Å². The predicted octanol–water partition coefficient (Wildman–Crippen LogP) is 4.50. The van der Waals surface area contributed by atoms with Gasteiger partial charge >= 0.3 is 0 Å². The molecule has 3 heterocycles. The van der Waals surface area contributed by atoms with Gasteiger partial charge in [-0.25, -0.2) is 13.8 Å². The van der Waals surface area contributed by atoms with E-state index in [0.29, 0.717) is 17.0 Å². The van der Waals surface area contributed by atoms with E-state index in [1.807, 2.05) is 44.2 Å². The SMILES string of the molecule is Cc1ccc(-c2nc3ccc(C)cn3c2CNC(=O)c2c(F)c(F)nc(F)c2F)cc1. The van der Waals surface area contributed by atoms with Gasteiger partial charge in [-0.05, 0) is 25.5 Å². The highest BCUT2D eigenvalue weighted by Crippen LogP contribution is 2.26. The van der Waals surface area contributed by atoms with Gasteiger partial charge in [-0.3, -0.25) is 4.79 Å². The molecule has 1 amide bonds. The summed E-state index contributed by atoms with van der Waals surface area (Å²) in [6.07, 6.45) is 1.80. The van der Waals surface area contributed by atoms with Crippen LogP contribution >= 0.6 is 0 Å². The largest absolute Gasteiger partial charge is 0.346 e. The van der Waals surface area contributed by atoms with Gasteiger partial charge in [0.05, 0.1) is 17.9 Å². The van der Waals surface area contributed by atoms with E-state index in [1.165, 1.54) is 0 Å². The second kappa shape index (κ2) is 7.82. The maximum Gasteiger partial charge on any atom is 0.257 e. The van der Waals surface area contributed by atoms with Gasteiger partial charge < -0.3 is 9.72 Å². The molecule has 4 aromatic rings. The Morgan fingerprint density at radius 1 is 0.903 bits per heavy atom. The van der Waals surface area contributed by atoms with E-state index in [-0.39, 0.29) is 6.54 Å². The zero-order chi connectivity index (χ0) is 22.3. The number of benzene rings is 1. The predicted molar refractivity (Wildman–Crippen MR) is 105 cm³/mol. The molecule has 0 radical (unpaired) electrons. The van der Waals surface area contributed by atoms with Crippen LogP contribution in [0, 0.1) is 37.4 Å². The molecule has 0 spiro atoms. The molecule has 4 rings (SSSR count). The first-order valence-corrected chi connectivity index (χ1v) is 9.29. The topological polar surface area (TPSA) is 59.3 Å². The number of rotatable bonds is 4. The Hall–Kier alpha value is -3.75. The number of hydrogen-bond donors (Lipinski definition) is 1. The van der Waals surface area contributed by atoms with Crippen molar-refractivity contribution in [2.45, 2.75) is 20.4 Å². The molecule has 1 aromatic carbocycles. The number of carbonyl (C=O) groups is 1. The number of aromatic nitrogens is 3. The number of carbonyl (C=O) groups excluding carboxylic acids is 1. The monoisotopic (exact) mass is 428 g/mol. The van der Waals surface area contributed by atoms with Crippen molar-refractivity contribution in [3.8, 4) is 11.3 Å². The van der Waals surface area contributed by atoms with Crippen molar-refractivity contribution in [3.63, 3.8) is 0 Å². The number of aryl methyl sites for hydroxylation is 2. The summed E-state index contributed by atoms with van der Waals surface area (Å²) in [5, 5.41) is 2.33. The van der Waals surface area contributed by atoms with Crippen LogP contribution in [0.25, 0.3) is 16.9 Å². The van der Waals surface area contributed by atoms with Crippen LogP contribution in [0.5, 0.6) is 0 Å². The number of fused-ring (bicyclic) bond motifs is 1. The zero-order valence-electron chi connectivity index (χ0n) is 16.5. The molecule has 0 bridgehead atoms. The summed E-state index contributed by atoms with van der Waals surface area (Å²) < 4.78 is 56.3. The number of pyridine rings is 2.